The van der Waals surface area contributed by atoms with Gasteiger partial charge in [-0.3, -0.25) is 9.10 Å². The summed E-state index contributed by atoms with van der Waals surface area (Å²) in [7, 11) is -2.47. The minimum atomic E-state index is -4.49. The van der Waals surface area contributed by atoms with E-state index in [9.17, 15) is 26.4 Å². The molecule has 1 amide bonds. The predicted octanol–water partition coefficient (Wildman–Crippen LogP) is 3.43. The summed E-state index contributed by atoms with van der Waals surface area (Å²) in [6.45, 7) is 1.19. The van der Waals surface area contributed by atoms with E-state index in [-0.39, 0.29) is 17.1 Å². The number of ether oxygens (including phenoxy) is 1. The molecule has 152 valence electrons. The number of carbonyl (C=O) groups is 1. The van der Waals surface area contributed by atoms with Crippen LogP contribution in [0.4, 0.5) is 24.5 Å². The van der Waals surface area contributed by atoms with Gasteiger partial charge in [0.2, 0.25) is 15.9 Å². The van der Waals surface area contributed by atoms with Gasteiger partial charge in [-0.2, -0.15) is 13.2 Å². The van der Waals surface area contributed by atoms with Gasteiger partial charge in [-0.15, -0.1) is 0 Å². The first-order chi connectivity index (χ1) is 12.9. The molecule has 10 heteroatoms. The summed E-state index contributed by atoms with van der Waals surface area (Å²) in [5.41, 5.74) is 0.204. The minimum Gasteiger partial charge on any atom is -0.495 e. The first kappa shape index (κ1) is 21.5. The van der Waals surface area contributed by atoms with Crippen LogP contribution in [0, 0.1) is 6.92 Å². The molecule has 0 unspecified atom stereocenters. The van der Waals surface area contributed by atoms with Gasteiger partial charge < -0.3 is 10.1 Å². The Morgan fingerprint density at radius 3 is 2.25 bits per heavy atom. The lowest BCUT2D eigenvalue weighted by Crippen LogP contribution is -2.37. The predicted molar refractivity (Wildman–Crippen MR) is 100.0 cm³/mol. The molecule has 0 fully saturated rings. The molecule has 0 aromatic heterocycles. The van der Waals surface area contributed by atoms with Crippen LogP contribution in [0.5, 0.6) is 5.75 Å². The van der Waals surface area contributed by atoms with Gasteiger partial charge in [0.15, 0.2) is 0 Å². The molecule has 0 aliphatic rings. The molecular weight excluding hydrogens is 397 g/mol. The third kappa shape index (κ3) is 5.38. The third-order valence-corrected chi connectivity index (χ3v) is 4.91. The van der Waals surface area contributed by atoms with Gasteiger partial charge in [0.25, 0.3) is 0 Å². The molecule has 2 aromatic carbocycles. The lowest BCUT2D eigenvalue weighted by atomic mass is 10.2. The molecule has 0 aliphatic heterocycles. The average Bonchev–Trinajstić information content (AvgIpc) is 2.58. The van der Waals surface area contributed by atoms with Crippen LogP contribution in [0.15, 0.2) is 42.5 Å². The molecule has 0 aliphatic carbocycles. The summed E-state index contributed by atoms with van der Waals surface area (Å²) in [5.74, 6) is -0.452. The van der Waals surface area contributed by atoms with Gasteiger partial charge in [-0.05, 0) is 48.9 Å². The lowest BCUT2D eigenvalue weighted by Gasteiger charge is -2.24. The van der Waals surface area contributed by atoms with Crippen molar-refractivity contribution < 1.29 is 31.1 Å². The van der Waals surface area contributed by atoms with Gasteiger partial charge in [-0.25, -0.2) is 8.42 Å². The molecule has 0 bridgehead atoms. The number of nitrogens with zero attached hydrogens (tertiary/aromatic N) is 1. The zero-order chi connectivity index (χ0) is 21.1. The van der Waals surface area contributed by atoms with Crippen molar-refractivity contribution in [2.24, 2.45) is 0 Å². The highest BCUT2D eigenvalue weighted by Crippen LogP contribution is 2.31. The van der Waals surface area contributed by atoms with Crippen LogP contribution in [0.1, 0.15) is 11.1 Å². The molecule has 2 aromatic rings. The molecular formula is C18H19F3N2O4S. The van der Waals surface area contributed by atoms with Crippen molar-refractivity contribution in [3.05, 3.63) is 53.6 Å². The highest BCUT2D eigenvalue weighted by Gasteiger charge is 2.30. The van der Waals surface area contributed by atoms with Crippen molar-refractivity contribution in [2.45, 2.75) is 13.1 Å². The number of carbonyl (C=O) groups excluding carboxylic acids is 1. The molecule has 0 atom stereocenters. The zero-order valence-electron chi connectivity index (χ0n) is 15.4. The summed E-state index contributed by atoms with van der Waals surface area (Å²) in [4.78, 5) is 12.3. The topological polar surface area (TPSA) is 75.7 Å². The van der Waals surface area contributed by atoms with Crippen LogP contribution in [0.2, 0.25) is 0 Å². The smallest absolute Gasteiger partial charge is 0.416 e. The van der Waals surface area contributed by atoms with Gasteiger partial charge in [-0.1, -0.05) is 6.07 Å². The van der Waals surface area contributed by atoms with Crippen LogP contribution < -0.4 is 14.4 Å². The second kappa shape index (κ2) is 8.09. The quantitative estimate of drug-likeness (QED) is 0.783. The Kier molecular flexibility index (Phi) is 6.23. The number of benzene rings is 2. The number of sulfonamides is 1. The summed E-state index contributed by atoms with van der Waals surface area (Å²) < 4.78 is 68.3. The van der Waals surface area contributed by atoms with Crippen molar-refractivity contribution in [1.82, 2.24) is 0 Å². The number of halogens is 3. The number of alkyl halides is 3. The number of anilines is 2. The van der Waals surface area contributed by atoms with Crippen LogP contribution in [-0.4, -0.2) is 34.2 Å². The second-order valence-electron chi connectivity index (χ2n) is 6.07. The number of methoxy groups -OCH3 is 1. The SMILES string of the molecule is COc1ccc(C)cc1N(CC(=O)Nc1ccc(C(F)(F)F)cc1)S(C)(=O)=O. The molecule has 0 saturated carbocycles. The summed E-state index contributed by atoms with van der Waals surface area (Å²) >= 11 is 0. The van der Waals surface area contributed by atoms with Gasteiger partial charge >= 0.3 is 6.18 Å². The Morgan fingerprint density at radius 2 is 1.75 bits per heavy atom. The standard InChI is InChI=1S/C18H19F3N2O4S/c1-12-4-9-16(27-2)15(10-12)23(28(3,25)26)11-17(24)22-14-7-5-13(6-8-14)18(19,20)21/h4-10H,11H2,1-3H3,(H,22,24). The second-order valence-corrected chi connectivity index (χ2v) is 7.98. The Labute approximate surface area is 161 Å². The van der Waals surface area contributed by atoms with Gasteiger partial charge in [0, 0.05) is 5.69 Å². The van der Waals surface area contributed by atoms with E-state index < -0.39 is 34.2 Å². The van der Waals surface area contributed by atoms with E-state index in [1.54, 1.807) is 25.1 Å². The number of amides is 1. The van der Waals surface area contributed by atoms with E-state index in [1.807, 2.05) is 0 Å². The maximum absolute atomic E-state index is 12.6. The number of nitrogens with one attached hydrogen (secondary N) is 1. The Morgan fingerprint density at radius 1 is 1.14 bits per heavy atom. The molecule has 1 N–H and O–H groups in total. The van der Waals surface area contributed by atoms with Crippen molar-refractivity contribution in [3.8, 4) is 5.75 Å². The monoisotopic (exact) mass is 416 g/mol. The highest BCUT2D eigenvalue weighted by molar-refractivity contribution is 7.92. The molecule has 0 saturated heterocycles. The number of aryl methyl sites for hydroxylation is 1. The molecule has 2 rings (SSSR count). The Hall–Kier alpha value is -2.75. The van der Waals surface area contributed by atoms with Crippen LogP contribution >= 0.6 is 0 Å². The zero-order valence-corrected chi connectivity index (χ0v) is 16.2. The fourth-order valence-electron chi connectivity index (χ4n) is 2.45. The van der Waals surface area contributed by atoms with Crippen LogP contribution in [-0.2, 0) is 21.0 Å². The van der Waals surface area contributed by atoms with Gasteiger partial charge in [0.05, 0.1) is 24.6 Å². The van der Waals surface area contributed by atoms with E-state index >= 15 is 0 Å². The Bertz CT molecular complexity index is 958. The normalized spacial score (nSPS) is 11.8. The first-order valence-electron chi connectivity index (χ1n) is 8.01. The highest BCUT2D eigenvalue weighted by atomic mass is 32.2. The van der Waals surface area contributed by atoms with Gasteiger partial charge in [0.1, 0.15) is 12.3 Å². The molecule has 6 nitrogen and oxygen atoms in total. The number of hydrogen-bond donors (Lipinski definition) is 1. The molecule has 0 spiro atoms. The maximum Gasteiger partial charge on any atom is 0.416 e. The number of hydrogen-bond acceptors (Lipinski definition) is 4. The van der Waals surface area contributed by atoms with E-state index in [1.165, 1.54) is 7.11 Å². The van der Waals surface area contributed by atoms with E-state index in [0.717, 1.165) is 40.4 Å². The fraction of sp³-hybridized carbons (Fsp3) is 0.278. The summed E-state index contributed by atoms with van der Waals surface area (Å²) in [6, 6.07) is 8.71. The first-order valence-corrected chi connectivity index (χ1v) is 9.86. The van der Waals surface area contributed by atoms with Crippen molar-refractivity contribution in [3.63, 3.8) is 0 Å². The maximum atomic E-state index is 12.6. The average molecular weight is 416 g/mol. The minimum absolute atomic E-state index is 0.114. The summed E-state index contributed by atoms with van der Waals surface area (Å²) in [6.07, 6.45) is -3.54. The van der Waals surface area contributed by atoms with E-state index in [0.29, 0.717) is 0 Å². The van der Waals surface area contributed by atoms with Crippen molar-refractivity contribution in [1.29, 1.82) is 0 Å². The van der Waals surface area contributed by atoms with Crippen LogP contribution in [0.25, 0.3) is 0 Å². The number of rotatable bonds is 6. The van der Waals surface area contributed by atoms with E-state index in [2.05, 4.69) is 5.32 Å². The molecule has 0 heterocycles. The Balaban J connectivity index is 2.24. The third-order valence-electron chi connectivity index (χ3n) is 3.79. The fourth-order valence-corrected chi connectivity index (χ4v) is 3.30. The molecule has 28 heavy (non-hydrogen) atoms. The van der Waals surface area contributed by atoms with Crippen molar-refractivity contribution >= 4 is 27.3 Å². The largest absolute Gasteiger partial charge is 0.495 e. The lowest BCUT2D eigenvalue weighted by molar-refractivity contribution is -0.137. The molecule has 0 radical (unpaired) electrons. The van der Waals surface area contributed by atoms with Crippen LogP contribution in [0.3, 0.4) is 0 Å². The van der Waals surface area contributed by atoms with Crippen molar-refractivity contribution in [2.75, 3.05) is 29.5 Å². The van der Waals surface area contributed by atoms with E-state index in [4.69, 9.17) is 4.74 Å². The summed E-state index contributed by atoms with van der Waals surface area (Å²) in [5, 5.41) is 2.39.